The molecule has 4 rings (SSSR count). The molecule has 1 aromatic rings. The smallest absolute Gasteiger partial charge is 0.169 e. The average Bonchev–Trinajstić information content (AvgIpc) is 3.04. The van der Waals surface area contributed by atoms with Gasteiger partial charge in [0.25, 0.3) is 0 Å². The van der Waals surface area contributed by atoms with Crippen LogP contribution in [0.1, 0.15) is 61.0 Å². The molecule has 3 aliphatic rings. The van der Waals surface area contributed by atoms with Crippen molar-refractivity contribution in [1.82, 2.24) is 0 Å². The number of hydrogen-bond acceptors (Lipinski definition) is 1. The molecule has 0 saturated heterocycles. The Morgan fingerprint density at radius 3 is 2.86 bits per heavy atom. The van der Waals surface area contributed by atoms with Gasteiger partial charge in [-0.25, -0.2) is 0 Å². The minimum absolute atomic E-state index is 0.0342. The van der Waals surface area contributed by atoms with E-state index in [0.29, 0.717) is 17.6 Å². The molecule has 0 aromatic heterocycles. The van der Waals surface area contributed by atoms with Gasteiger partial charge in [0, 0.05) is 11.0 Å². The number of Topliss-reactive ketones (excluding diaryl/α,β-unsaturated/α-hetero) is 1. The highest BCUT2D eigenvalue weighted by molar-refractivity contribution is 6.04. The summed E-state index contributed by atoms with van der Waals surface area (Å²) in [6, 6.07) is 6.41. The first-order valence-corrected chi connectivity index (χ1v) is 8.43. The summed E-state index contributed by atoms with van der Waals surface area (Å²) < 4.78 is 0. The van der Waals surface area contributed by atoms with Gasteiger partial charge in [0.05, 0.1) is 0 Å². The fraction of sp³-hybridized carbons (Fsp3) is 0.550. The Hall–Kier alpha value is -1.37. The van der Waals surface area contributed by atoms with Crippen molar-refractivity contribution in [3.8, 4) is 0 Å². The van der Waals surface area contributed by atoms with Gasteiger partial charge in [-0.3, -0.25) is 4.79 Å². The van der Waals surface area contributed by atoms with Crippen LogP contribution in [0.5, 0.6) is 0 Å². The standard InChI is InChI=1S/C20H24O/c1-13(2)10-15-4-3-5-18-17(15)8-9-20(19(18)21)12-14-6-7-16(20)11-14/h3-6,13,16H,7-12H2,1-2H3. The summed E-state index contributed by atoms with van der Waals surface area (Å²) in [5, 5.41) is 0. The zero-order valence-electron chi connectivity index (χ0n) is 13.1. The molecule has 110 valence electrons. The van der Waals surface area contributed by atoms with Crippen LogP contribution in [0.25, 0.3) is 0 Å². The van der Waals surface area contributed by atoms with E-state index in [9.17, 15) is 4.79 Å². The number of carbonyl (C=O) groups is 1. The van der Waals surface area contributed by atoms with E-state index >= 15 is 0 Å². The van der Waals surface area contributed by atoms with Crippen LogP contribution in [0.15, 0.2) is 29.8 Å². The average molecular weight is 280 g/mol. The highest BCUT2D eigenvalue weighted by atomic mass is 16.1. The number of allylic oxidation sites excluding steroid dienone is 2. The minimum atomic E-state index is -0.0342. The topological polar surface area (TPSA) is 17.1 Å². The Kier molecular flexibility index (Phi) is 2.89. The van der Waals surface area contributed by atoms with Crippen molar-refractivity contribution in [2.75, 3.05) is 0 Å². The molecule has 3 aliphatic carbocycles. The Morgan fingerprint density at radius 1 is 1.33 bits per heavy atom. The lowest BCUT2D eigenvalue weighted by molar-refractivity contribution is 0.0670. The van der Waals surface area contributed by atoms with Crippen LogP contribution in [-0.4, -0.2) is 5.78 Å². The van der Waals surface area contributed by atoms with Crippen LogP contribution in [0, 0.1) is 17.3 Å². The van der Waals surface area contributed by atoms with E-state index in [1.165, 1.54) is 17.5 Å². The van der Waals surface area contributed by atoms with Crippen molar-refractivity contribution in [2.24, 2.45) is 17.3 Å². The van der Waals surface area contributed by atoms with Crippen LogP contribution in [0.2, 0.25) is 0 Å². The number of ketones is 1. The second-order valence-electron chi connectivity index (χ2n) is 7.70. The Labute approximate surface area is 127 Å². The molecular weight excluding hydrogens is 256 g/mol. The second kappa shape index (κ2) is 4.56. The van der Waals surface area contributed by atoms with Crippen LogP contribution >= 0.6 is 0 Å². The summed E-state index contributed by atoms with van der Waals surface area (Å²) in [6.45, 7) is 4.52. The van der Waals surface area contributed by atoms with Crippen LogP contribution in [-0.2, 0) is 12.8 Å². The van der Waals surface area contributed by atoms with E-state index in [4.69, 9.17) is 0 Å². The molecule has 1 nitrogen and oxygen atoms in total. The summed E-state index contributed by atoms with van der Waals surface area (Å²) in [4.78, 5) is 13.2. The number of carbonyl (C=O) groups excluding carboxylic acids is 1. The van der Waals surface area contributed by atoms with E-state index in [1.807, 2.05) is 0 Å². The Balaban J connectivity index is 1.74. The lowest BCUT2D eigenvalue weighted by Crippen LogP contribution is -2.40. The fourth-order valence-corrected chi connectivity index (χ4v) is 4.97. The van der Waals surface area contributed by atoms with Gasteiger partial charge in [-0.15, -0.1) is 0 Å². The van der Waals surface area contributed by atoms with Gasteiger partial charge < -0.3 is 0 Å². The number of benzene rings is 1. The van der Waals surface area contributed by atoms with Gasteiger partial charge in [0.15, 0.2) is 5.78 Å². The number of rotatable bonds is 2. The van der Waals surface area contributed by atoms with Gasteiger partial charge in [0.2, 0.25) is 0 Å². The second-order valence-corrected chi connectivity index (χ2v) is 7.70. The van der Waals surface area contributed by atoms with Crippen molar-refractivity contribution < 1.29 is 4.79 Å². The molecule has 0 aliphatic heterocycles. The predicted molar refractivity (Wildman–Crippen MR) is 85.5 cm³/mol. The summed E-state index contributed by atoms with van der Waals surface area (Å²) >= 11 is 0. The first-order valence-electron chi connectivity index (χ1n) is 8.43. The molecule has 0 heterocycles. The molecule has 1 spiro atoms. The first kappa shape index (κ1) is 13.3. The minimum Gasteiger partial charge on any atom is -0.294 e. The third-order valence-corrected chi connectivity index (χ3v) is 5.94. The Morgan fingerprint density at radius 2 is 2.19 bits per heavy atom. The van der Waals surface area contributed by atoms with E-state index in [2.05, 4.69) is 38.1 Å². The number of fused-ring (bicyclic) bond motifs is 4. The van der Waals surface area contributed by atoms with E-state index in [0.717, 1.165) is 37.7 Å². The van der Waals surface area contributed by atoms with Gasteiger partial charge in [-0.2, -0.15) is 0 Å². The quantitative estimate of drug-likeness (QED) is 0.715. The van der Waals surface area contributed by atoms with Gasteiger partial charge >= 0.3 is 0 Å². The molecule has 2 atom stereocenters. The van der Waals surface area contributed by atoms with Crippen molar-refractivity contribution in [2.45, 2.75) is 52.4 Å². The van der Waals surface area contributed by atoms with E-state index in [-0.39, 0.29) is 5.41 Å². The normalized spacial score (nSPS) is 30.1. The zero-order chi connectivity index (χ0) is 14.6. The molecular formula is C20H24O. The maximum Gasteiger partial charge on any atom is 0.169 e. The molecule has 0 amide bonds. The summed E-state index contributed by atoms with van der Waals surface area (Å²) in [7, 11) is 0. The lowest BCUT2D eigenvalue weighted by atomic mass is 9.62. The molecule has 2 unspecified atom stereocenters. The molecule has 1 saturated carbocycles. The van der Waals surface area contributed by atoms with Crippen LogP contribution in [0.4, 0.5) is 0 Å². The summed E-state index contributed by atoms with van der Waals surface area (Å²) in [5.41, 5.74) is 5.34. The predicted octanol–water partition coefficient (Wildman–Crippen LogP) is 4.74. The molecule has 1 aromatic carbocycles. The van der Waals surface area contributed by atoms with E-state index < -0.39 is 0 Å². The molecule has 1 fully saturated rings. The van der Waals surface area contributed by atoms with Gasteiger partial charge in [0.1, 0.15) is 0 Å². The van der Waals surface area contributed by atoms with Crippen molar-refractivity contribution >= 4 is 5.78 Å². The SMILES string of the molecule is CC(C)Cc1cccc2c1CCC1(CC3=CCC1C3)C2=O. The third-order valence-electron chi connectivity index (χ3n) is 5.94. The maximum atomic E-state index is 13.2. The van der Waals surface area contributed by atoms with Crippen LogP contribution in [0.3, 0.4) is 0 Å². The molecule has 21 heavy (non-hydrogen) atoms. The van der Waals surface area contributed by atoms with Crippen molar-refractivity contribution in [1.29, 1.82) is 0 Å². The summed E-state index contributed by atoms with van der Waals surface area (Å²) in [5.74, 6) is 1.71. The maximum absolute atomic E-state index is 13.2. The van der Waals surface area contributed by atoms with E-state index in [1.54, 1.807) is 5.57 Å². The largest absolute Gasteiger partial charge is 0.294 e. The van der Waals surface area contributed by atoms with Gasteiger partial charge in [-0.1, -0.05) is 43.7 Å². The lowest BCUT2D eigenvalue weighted by Gasteiger charge is -2.39. The van der Waals surface area contributed by atoms with Crippen LogP contribution < -0.4 is 0 Å². The highest BCUT2D eigenvalue weighted by Crippen LogP contribution is 2.58. The molecule has 2 bridgehead atoms. The zero-order valence-corrected chi connectivity index (χ0v) is 13.1. The van der Waals surface area contributed by atoms with Crippen molar-refractivity contribution in [3.63, 3.8) is 0 Å². The summed E-state index contributed by atoms with van der Waals surface area (Å²) in [6.07, 6.45) is 9.04. The van der Waals surface area contributed by atoms with Gasteiger partial charge in [-0.05, 0) is 61.5 Å². The van der Waals surface area contributed by atoms with Crippen molar-refractivity contribution in [3.05, 3.63) is 46.5 Å². The number of hydrogen-bond donors (Lipinski definition) is 0. The molecule has 0 radical (unpaired) electrons. The monoisotopic (exact) mass is 280 g/mol. The first-order chi connectivity index (χ1) is 10.1. The Bertz CT molecular complexity index is 637. The molecule has 1 heteroatoms. The molecule has 0 N–H and O–H groups in total. The highest BCUT2D eigenvalue weighted by Gasteiger charge is 2.53. The third kappa shape index (κ3) is 1.86. The fourth-order valence-electron chi connectivity index (χ4n) is 4.97.